The van der Waals surface area contributed by atoms with Crippen molar-refractivity contribution >= 4 is 28.4 Å². The van der Waals surface area contributed by atoms with Crippen LogP contribution in [0.5, 0.6) is 0 Å². The molecule has 0 spiro atoms. The Labute approximate surface area is 110 Å². The number of rotatable bonds is 1. The van der Waals surface area contributed by atoms with Crippen LogP contribution in [0.15, 0.2) is 54.7 Å². The van der Waals surface area contributed by atoms with E-state index in [2.05, 4.69) is 23.2 Å². The van der Waals surface area contributed by atoms with Crippen LogP contribution in [0.25, 0.3) is 22.7 Å². The molecule has 3 heterocycles. The van der Waals surface area contributed by atoms with Crippen molar-refractivity contribution in [2.24, 2.45) is 0 Å². The summed E-state index contributed by atoms with van der Waals surface area (Å²) in [5.41, 5.74) is 4.52. The van der Waals surface area contributed by atoms with Crippen LogP contribution in [0.2, 0.25) is 0 Å². The molecular formula is C16H12N3+. The Hall–Kier alpha value is -2.68. The molecule has 0 saturated carbocycles. The largest absolute Gasteiger partial charge is 0.354 e. The molecule has 0 bridgehead atoms. The Bertz CT molecular complexity index is 807. The van der Waals surface area contributed by atoms with Gasteiger partial charge in [-0.05, 0) is 18.2 Å². The highest BCUT2D eigenvalue weighted by Gasteiger charge is 2.28. The monoisotopic (exact) mass is 246 g/mol. The highest BCUT2D eigenvalue weighted by Crippen LogP contribution is 2.25. The molecule has 19 heavy (non-hydrogen) atoms. The SMILES string of the molecule is N=C1C(c2cc3ccccc3[nH]2)=C[n+]2ccccc21. The molecule has 1 aliphatic rings. The van der Waals surface area contributed by atoms with Crippen molar-refractivity contribution in [1.29, 1.82) is 5.41 Å². The zero-order chi connectivity index (χ0) is 12.8. The van der Waals surface area contributed by atoms with Crippen molar-refractivity contribution in [3.05, 3.63) is 66.1 Å². The van der Waals surface area contributed by atoms with Gasteiger partial charge < -0.3 is 4.98 Å². The number of aromatic amines is 1. The van der Waals surface area contributed by atoms with Gasteiger partial charge in [-0.2, -0.15) is 4.57 Å². The predicted molar refractivity (Wildman–Crippen MR) is 75.9 cm³/mol. The molecule has 0 unspecified atom stereocenters. The van der Waals surface area contributed by atoms with Crippen LogP contribution >= 0.6 is 0 Å². The van der Waals surface area contributed by atoms with E-state index in [9.17, 15) is 0 Å². The molecule has 0 radical (unpaired) electrons. The van der Waals surface area contributed by atoms with Crippen molar-refractivity contribution in [3.63, 3.8) is 0 Å². The fourth-order valence-corrected chi connectivity index (χ4v) is 2.54. The molecule has 90 valence electrons. The molecule has 3 nitrogen and oxygen atoms in total. The predicted octanol–water partition coefficient (Wildman–Crippen LogP) is 2.83. The van der Waals surface area contributed by atoms with Crippen LogP contribution in [0.4, 0.5) is 0 Å². The lowest BCUT2D eigenvalue weighted by Crippen LogP contribution is -2.28. The zero-order valence-corrected chi connectivity index (χ0v) is 10.2. The third kappa shape index (κ3) is 1.45. The summed E-state index contributed by atoms with van der Waals surface area (Å²) in [6, 6.07) is 16.2. The van der Waals surface area contributed by atoms with Gasteiger partial charge in [0.1, 0.15) is 5.71 Å². The number of fused-ring (bicyclic) bond motifs is 2. The minimum atomic E-state index is 0.562. The molecule has 2 aromatic heterocycles. The normalized spacial score (nSPS) is 13.7. The summed E-state index contributed by atoms with van der Waals surface area (Å²) in [4.78, 5) is 3.38. The van der Waals surface area contributed by atoms with Gasteiger partial charge in [-0.3, -0.25) is 5.41 Å². The Morgan fingerprint density at radius 2 is 1.84 bits per heavy atom. The maximum atomic E-state index is 8.29. The minimum absolute atomic E-state index is 0.562. The van der Waals surface area contributed by atoms with Crippen LogP contribution in [-0.4, -0.2) is 10.7 Å². The molecule has 3 aromatic rings. The fourth-order valence-electron chi connectivity index (χ4n) is 2.54. The maximum absolute atomic E-state index is 8.29. The number of nitrogens with zero attached hydrogens (tertiary/aromatic N) is 1. The number of hydrogen-bond acceptors (Lipinski definition) is 1. The van der Waals surface area contributed by atoms with E-state index in [1.807, 2.05) is 47.3 Å². The number of benzene rings is 1. The second-order valence-electron chi connectivity index (χ2n) is 4.68. The summed E-state index contributed by atoms with van der Waals surface area (Å²) in [5, 5.41) is 9.46. The Morgan fingerprint density at radius 1 is 1.00 bits per heavy atom. The zero-order valence-electron chi connectivity index (χ0n) is 10.2. The average molecular weight is 246 g/mol. The molecule has 0 fully saturated rings. The smallest absolute Gasteiger partial charge is 0.236 e. The number of H-pyrrole nitrogens is 1. The second-order valence-corrected chi connectivity index (χ2v) is 4.68. The lowest BCUT2D eigenvalue weighted by atomic mass is 10.1. The van der Waals surface area contributed by atoms with Gasteiger partial charge in [0, 0.05) is 23.0 Å². The standard InChI is InChI=1S/C16H12N3/c17-16-12(10-19-8-4-3-7-15(16)19)14-9-11-5-1-2-6-13(11)18-14/h1-10,17-18H/q+1. The quantitative estimate of drug-likeness (QED) is 0.620. The maximum Gasteiger partial charge on any atom is 0.236 e. The summed E-state index contributed by atoms with van der Waals surface area (Å²) < 4.78 is 1.99. The van der Waals surface area contributed by atoms with Crippen LogP contribution < -0.4 is 4.57 Å². The summed E-state index contributed by atoms with van der Waals surface area (Å²) in [5.74, 6) is 0. The first-order chi connectivity index (χ1) is 9.33. The molecule has 0 saturated heterocycles. The molecule has 1 aromatic carbocycles. The van der Waals surface area contributed by atoms with E-state index < -0.39 is 0 Å². The Kier molecular flexibility index (Phi) is 1.97. The van der Waals surface area contributed by atoms with Crippen molar-refractivity contribution < 1.29 is 4.57 Å². The van der Waals surface area contributed by atoms with Gasteiger partial charge in [-0.1, -0.05) is 18.2 Å². The van der Waals surface area contributed by atoms with E-state index in [-0.39, 0.29) is 0 Å². The summed E-state index contributed by atoms with van der Waals surface area (Å²) in [6.07, 6.45) is 3.97. The first-order valence-electron chi connectivity index (χ1n) is 6.22. The topological polar surface area (TPSA) is 43.5 Å². The van der Waals surface area contributed by atoms with E-state index in [0.717, 1.165) is 22.5 Å². The van der Waals surface area contributed by atoms with Crippen LogP contribution in [0, 0.1) is 5.41 Å². The Balaban J connectivity index is 1.89. The number of para-hydroxylation sites is 1. The van der Waals surface area contributed by atoms with E-state index in [1.165, 1.54) is 5.39 Å². The molecule has 1 aliphatic heterocycles. The van der Waals surface area contributed by atoms with Gasteiger partial charge in [0.05, 0.1) is 11.3 Å². The van der Waals surface area contributed by atoms with Crippen LogP contribution in [-0.2, 0) is 0 Å². The van der Waals surface area contributed by atoms with Crippen LogP contribution in [0.1, 0.15) is 11.4 Å². The number of aromatic nitrogens is 2. The summed E-state index contributed by atoms with van der Waals surface area (Å²) in [7, 11) is 0. The van der Waals surface area contributed by atoms with Crippen molar-refractivity contribution in [3.8, 4) is 0 Å². The van der Waals surface area contributed by atoms with Crippen molar-refractivity contribution in [1.82, 2.24) is 4.98 Å². The van der Waals surface area contributed by atoms with Gasteiger partial charge in [-0.15, -0.1) is 0 Å². The number of pyridine rings is 1. The molecule has 0 atom stereocenters. The highest BCUT2D eigenvalue weighted by atomic mass is 15.0. The fraction of sp³-hybridized carbons (Fsp3) is 0. The van der Waals surface area contributed by atoms with E-state index >= 15 is 0 Å². The molecule has 2 N–H and O–H groups in total. The molecular weight excluding hydrogens is 234 g/mol. The van der Waals surface area contributed by atoms with Gasteiger partial charge in [0.25, 0.3) is 0 Å². The highest BCUT2D eigenvalue weighted by molar-refractivity contribution is 6.32. The van der Waals surface area contributed by atoms with Crippen molar-refractivity contribution in [2.45, 2.75) is 0 Å². The Morgan fingerprint density at radius 3 is 2.68 bits per heavy atom. The average Bonchev–Trinajstić information content (AvgIpc) is 3.00. The number of hydrogen-bond donors (Lipinski definition) is 2. The summed E-state index contributed by atoms with van der Waals surface area (Å²) >= 11 is 0. The van der Waals surface area contributed by atoms with Gasteiger partial charge in [0.15, 0.2) is 12.4 Å². The van der Waals surface area contributed by atoms with E-state index in [4.69, 9.17) is 5.41 Å². The van der Waals surface area contributed by atoms with Gasteiger partial charge >= 0.3 is 0 Å². The van der Waals surface area contributed by atoms with E-state index in [0.29, 0.717) is 5.71 Å². The third-order valence-electron chi connectivity index (χ3n) is 3.50. The molecule has 0 aliphatic carbocycles. The molecule has 4 rings (SSSR count). The molecule has 0 amide bonds. The first-order valence-corrected chi connectivity index (χ1v) is 6.22. The number of nitrogens with one attached hydrogen (secondary N) is 2. The third-order valence-corrected chi connectivity index (χ3v) is 3.50. The van der Waals surface area contributed by atoms with Crippen molar-refractivity contribution in [2.75, 3.05) is 0 Å². The summed E-state index contributed by atoms with van der Waals surface area (Å²) in [6.45, 7) is 0. The van der Waals surface area contributed by atoms with Crippen LogP contribution in [0.3, 0.4) is 0 Å². The number of allylic oxidation sites excluding steroid dienone is 1. The lowest BCUT2D eigenvalue weighted by Gasteiger charge is -1.94. The first kappa shape index (κ1) is 10.3. The minimum Gasteiger partial charge on any atom is -0.354 e. The lowest BCUT2D eigenvalue weighted by molar-refractivity contribution is -0.566. The van der Waals surface area contributed by atoms with Gasteiger partial charge in [0.2, 0.25) is 5.69 Å². The second kappa shape index (κ2) is 3.65. The van der Waals surface area contributed by atoms with E-state index in [1.54, 1.807) is 0 Å². The van der Waals surface area contributed by atoms with Gasteiger partial charge in [-0.25, -0.2) is 0 Å². The molecule has 3 heteroatoms.